The molecule has 0 radical (unpaired) electrons. The molecule has 0 fully saturated rings. The van der Waals surface area contributed by atoms with Gasteiger partial charge in [-0.15, -0.1) is 0 Å². The average Bonchev–Trinajstić information content (AvgIpc) is 2.70. The zero-order chi connectivity index (χ0) is 13.7. The number of methoxy groups -OCH3 is 1. The van der Waals surface area contributed by atoms with Crippen molar-refractivity contribution in [3.8, 4) is 0 Å². The summed E-state index contributed by atoms with van der Waals surface area (Å²) in [5.74, 6) is -0.897. The highest BCUT2D eigenvalue weighted by Crippen LogP contribution is 2.13. The Kier molecular flexibility index (Phi) is 4.91. The van der Waals surface area contributed by atoms with Gasteiger partial charge in [-0.2, -0.15) is 0 Å². The molecule has 0 aliphatic carbocycles. The van der Waals surface area contributed by atoms with E-state index in [1.165, 1.54) is 7.11 Å². The molecule has 18 heavy (non-hydrogen) atoms. The van der Waals surface area contributed by atoms with Crippen molar-refractivity contribution in [2.45, 2.75) is 26.3 Å². The highest BCUT2D eigenvalue weighted by atomic mass is 16.5. The first-order chi connectivity index (χ1) is 8.49. The van der Waals surface area contributed by atoms with E-state index < -0.39 is 18.0 Å². The number of aromatic nitrogens is 1. The van der Waals surface area contributed by atoms with Crippen LogP contribution in [0.3, 0.4) is 0 Å². The van der Waals surface area contributed by atoms with Crippen LogP contribution in [0.5, 0.6) is 0 Å². The molecule has 0 aromatic carbocycles. The summed E-state index contributed by atoms with van der Waals surface area (Å²) in [5, 5.41) is 0. The number of hydrogen-bond donors (Lipinski definition) is 2. The van der Waals surface area contributed by atoms with E-state index in [1.807, 2.05) is 6.92 Å². The Labute approximate surface area is 105 Å². The van der Waals surface area contributed by atoms with Crippen molar-refractivity contribution in [2.24, 2.45) is 5.73 Å². The topological polar surface area (TPSA) is 94.4 Å². The van der Waals surface area contributed by atoms with E-state index in [0.717, 1.165) is 11.3 Å². The van der Waals surface area contributed by atoms with Crippen molar-refractivity contribution in [2.75, 3.05) is 13.7 Å². The molecule has 6 nitrogen and oxygen atoms in total. The molecule has 6 heteroatoms. The summed E-state index contributed by atoms with van der Waals surface area (Å²) in [4.78, 5) is 25.6. The van der Waals surface area contributed by atoms with Gasteiger partial charge in [-0.1, -0.05) is 0 Å². The summed E-state index contributed by atoms with van der Waals surface area (Å²) in [7, 11) is 1.29. The van der Waals surface area contributed by atoms with E-state index in [4.69, 9.17) is 10.5 Å². The molecule has 3 N–H and O–H groups in total. The summed E-state index contributed by atoms with van der Waals surface area (Å²) < 4.78 is 9.43. The van der Waals surface area contributed by atoms with E-state index in [1.54, 1.807) is 13.0 Å². The molecule has 0 aliphatic rings. The molecule has 1 aromatic heterocycles. The lowest BCUT2D eigenvalue weighted by molar-refractivity contribution is -0.142. The minimum Gasteiger partial charge on any atom is -0.468 e. The molecule has 0 saturated heterocycles. The van der Waals surface area contributed by atoms with Gasteiger partial charge in [-0.25, -0.2) is 4.79 Å². The highest BCUT2D eigenvalue weighted by Gasteiger charge is 2.18. The van der Waals surface area contributed by atoms with Gasteiger partial charge in [-0.3, -0.25) is 4.79 Å². The predicted octanol–water partition coefficient (Wildman–Crippen LogP) is 0.543. The third-order valence-electron chi connectivity index (χ3n) is 2.56. The molecule has 1 unspecified atom stereocenters. The maximum Gasteiger partial charge on any atom is 0.354 e. The standard InChI is InChI=1S/C12H18N2O4/c1-4-18-12(16)10-6-8(7(2)14-10)5-9(13)11(15)17-3/h6,9,14H,4-5,13H2,1-3H3. The minimum atomic E-state index is -0.737. The van der Waals surface area contributed by atoms with Gasteiger partial charge in [0.15, 0.2) is 0 Å². The van der Waals surface area contributed by atoms with E-state index in [2.05, 4.69) is 9.72 Å². The van der Waals surface area contributed by atoms with Gasteiger partial charge in [0.1, 0.15) is 11.7 Å². The lowest BCUT2D eigenvalue weighted by Crippen LogP contribution is -2.33. The van der Waals surface area contributed by atoms with Crippen LogP contribution in [0.15, 0.2) is 6.07 Å². The lowest BCUT2D eigenvalue weighted by atomic mass is 10.1. The van der Waals surface area contributed by atoms with Crippen LogP contribution < -0.4 is 5.73 Å². The third-order valence-corrected chi connectivity index (χ3v) is 2.56. The van der Waals surface area contributed by atoms with Gasteiger partial charge in [0.05, 0.1) is 13.7 Å². The quantitative estimate of drug-likeness (QED) is 0.748. The summed E-state index contributed by atoms with van der Waals surface area (Å²) in [5.41, 5.74) is 7.62. The zero-order valence-electron chi connectivity index (χ0n) is 10.8. The van der Waals surface area contributed by atoms with Gasteiger partial charge in [-0.05, 0) is 25.5 Å². The van der Waals surface area contributed by atoms with Crippen molar-refractivity contribution < 1.29 is 19.1 Å². The van der Waals surface area contributed by atoms with E-state index in [0.29, 0.717) is 18.7 Å². The zero-order valence-corrected chi connectivity index (χ0v) is 10.8. The monoisotopic (exact) mass is 254 g/mol. The number of ether oxygens (including phenoxy) is 2. The number of H-pyrrole nitrogens is 1. The molecule has 1 aromatic rings. The van der Waals surface area contributed by atoms with Crippen molar-refractivity contribution in [3.63, 3.8) is 0 Å². The Balaban J connectivity index is 2.79. The van der Waals surface area contributed by atoms with E-state index >= 15 is 0 Å². The van der Waals surface area contributed by atoms with Gasteiger partial charge >= 0.3 is 11.9 Å². The fourth-order valence-electron chi connectivity index (χ4n) is 1.60. The molecule has 0 bridgehead atoms. The summed E-state index contributed by atoms with van der Waals surface area (Å²) >= 11 is 0. The fourth-order valence-corrected chi connectivity index (χ4v) is 1.60. The van der Waals surface area contributed by atoms with Crippen LogP contribution in [0.2, 0.25) is 0 Å². The van der Waals surface area contributed by atoms with Crippen LogP contribution in [0.25, 0.3) is 0 Å². The number of carbonyl (C=O) groups is 2. The Bertz CT molecular complexity index is 439. The normalized spacial score (nSPS) is 12.0. The molecule has 0 saturated carbocycles. The first-order valence-electron chi connectivity index (χ1n) is 5.68. The summed E-state index contributed by atoms with van der Waals surface area (Å²) in [6.45, 7) is 3.86. The Morgan fingerprint density at radius 2 is 2.17 bits per heavy atom. The van der Waals surface area contributed by atoms with Gasteiger partial charge in [0, 0.05) is 12.1 Å². The minimum absolute atomic E-state index is 0.313. The molecule has 0 amide bonds. The van der Waals surface area contributed by atoms with Gasteiger partial charge in [0.25, 0.3) is 0 Å². The first kappa shape index (κ1) is 14.2. The van der Waals surface area contributed by atoms with Crippen molar-refractivity contribution in [3.05, 3.63) is 23.0 Å². The largest absolute Gasteiger partial charge is 0.468 e. The molecule has 0 aliphatic heterocycles. The lowest BCUT2D eigenvalue weighted by Gasteiger charge is -2.08. The number of nitrogens with one attached hydrogen (secondary N) is 1. The number of hydrogen-bond acceptors (Lipinski definition) is 5. The smallest absolute Gasteiger partial charge is 0.354 e. The second-order valence-corrected chi connectivity index (χ2v) is 3.89. The molecule has 1 heterocycles. The Morgan fingerprint density at radius 1 is 1.50 bits per heavy atom. The van der Waals surface area contributed by atoms with Gasteiger partial charge in [0.2, 0.25) is 0 Å². The molecular formula is C12H18N2O4. The number of esters is 2. The number of rotatable bonds is 5. The second-order valence-electron chi connectivity index (χ2n) is 3.89. The summed E-state index contributed by atoms with van der Waals surface area (Å²) in [6, 6.07) is 0.912. The third kappa shape index (κ3) is 3.33. The number of nitrogens with two attached hydrogens (primary N) is 1. The van der Waals surface area contributed by atoms with Crippen LogP contribution in [0, 0.1) is 6.92 Å². The van der Waals surface area contributed by atoms with Crippen LogP contribution in [0.1, 0.15) is 28.7 Å². The first-order valence-corrected chi connectivity index (χ1v) is 5.68. The summed E-state index contributed by atoms with van der Waals surface area (Å²) in [6.07, 6.45) is 0.314. The number of aryl methyl sites for hydroxylation is 1. The highest BCUT2D eigenvalue weighted by molar-refractivity contribution is 5.88. The number of aromatic amines is 1. The number of carbonyl (C=O) groups excluding carboxylic acids is 2. The van der Waals surface area contributed by atoms with Crippen LogP contribution in [-0.4, -0.2) is 36.7 Å². The second kappa shape index (κ2) is 6.20. The van der Waals surface area contributed by atoms with Crippen molar-refractivity contribution in [1.29, 1.82) is 0 Å². The average molecular weight is 254 g/mol. The molecule has 1 atom stereocenters. The maximum absolute atomic E-state index is 11.5. The Morgan fingerprint density at radius 3 is 2.72 bits per heavy atom. The van der Waals surface area contributed by atoms with E-state index in [-0.39, 0.29) is 0 Å². The maximum atomic E-state index is 11.5. The SMILES string of the molecule is CCOC(=O)c1cc(CC(N)C(=O)OC)c(C)[nH]1. The Hall–Kier alpha value is -1.82. The fraction of sp³-hybridized carbons (Fsp3) is 0.500. The van der Waals surface area contributed by atoms with Crippen molar-refractivity contribution >= 4 is 11.9 Å². The van der Waals surface area contributed by atoms with Crippen LogP contribution in [0.4, 0.5) is 0 Å². The predicted molar refractivity (Wildman–Crippen MR) is 65.2 cm³/mol. The molecular weight excluding hydrogens is 236 g/mol. The van der Waals surface area contributed by atoms with Crippen molar-refractivity contribution in [1.82, 2.24) is 4.98 Å². The molecule has 0 spiro atoms. The van der Waals surface area contributed by atoms with E-state index in [9.17, 15) is 9.59 Å². The van der Waals surface area contributed by atoms with Crippen LogP contribution in [-0.2, 0) is 20.7 Å². The molecule has 100 valence electrons. The molecule has 1 rings (SSSR count). The van der Waals surface area contributed by atoms with Gasteiger partial charge < -0.3 is 20.2 Å². The van der Waals surface area contributed by atoms with Crippen LogP contribution >= 0.6 is 0 Å².